The number of rotatable bonds is 8. The summed E-state index contributed by atoms with van der Waals surface area (Å²) in [6.07, 6.45) is 3.05. The molecule has 1 atom stereocenters. The molecule has 0 saturated heterocycles. The Bertz CT molecular complexity index is 1350. The quantitative estimate of drug-likeness (QED) is 0.208. The number of ether oxygens (including phenoxy) is 2. The normalized spacial score (nSPS) is 11.0. The number of isocyanates is 2. The second kappa shape index (κ2) is 10.7. The van der Waals surface area contributed by atoms with Gasteiger partial charge in [0.2, 0.25) is 12.2 Å². The molecule has 0 aromatic heterocycles. The molecular formula is C28H20N2O4. The van der Waals surface area contributed by atoms with Crippen LogP contribution in [0.15, 0.2) is 107 Å². The number of benzene rings is 4. The Morgan fingerprint density at radius 3 is 1.74 bits per heavy atom. The lowest BCUT2D eigenvalue weighted by atomic mass is 9.92. The highest BCUT2D eigenvalue weighted by Gasteiger charge is 2.16. The van der Waals surface area contributed by atoms with Crippen molar-refractivity contribution in [3.63, 3.8) is 0 Å². The van der Waals surface area contributed by atoms with Crippen LogP contribution in [0.3, 0.4) is 0 Å². The minimum atomic E-state index is 0.0305. The predicted molar refractivity (Wildman–Crippen MR) is 129 cm³/mol. The fourth-order valence-corrected chi connectivity index (χ4v) is 3.49. The van der Waals surface area contributed by atoms with E-state index in [1.54, 1.807) is 48.5 Å². The molecule has 0 aliphatic heterocycles. The van der Waals surface area contributed by atoms with Crippen LogP contribution in [-0.2, 0) is 9.59 Å². The first-order chi connectivity index (χ1) is 16.7. The molecule has 4 rings (SSSR count). The Morgan fingerprint density at radius 2 is 1.18 bits per heavy atom. The lowest BCUT2D eigenvalue weighted by Crippen LogP contribution is -2.00. The molecule has 0 bridgehead atoms. The largest absolute Gasteiger partial charge is 0.457 e. The van der Waals surface area contributed by atoms with Gasteiger partial charge in [0.15, 0.2) is 0 Å². The van der Waals surface area contributed by atoms with Crippen molar-refractivity contribution in [2.24, 2.45) is 9.98 Å². The summed E-state index contributed by atoms with van der Waals surface area (Å²) in [4.78, 5) is 28.1. The second-order valence-corrected chi connectivity index (χ2v) is 7.43. The molecule has 34 heavy (non-hydrogen) atoms. The zero-order valence-corrected chi connectivity index (χ0v) is 18.3. The highest BCUT2D eigenvalue weighted by molar-refractivity contribution is 5.53. The third-order valence-electron chi connectivity index (χ3n) is 5.23. The van der Waals surface area contributed by atoms with Crippen molar-refractivity contribution < 1.29 is 19.1 Å². The lowest BCUT2D eigenvalue weighted by Gasteiger charge is -2.19. The lowest BCUT2D eigenvalue weighted by molar-refractivity contribution is 0.462. The average Bonchev–Trinajstić information content (AvgIpc) is 2.88. The van der Waals surface area contributed by atoms with Crippen LogP contribution < -0.4 is 9.47 Å². The van der Waals surface area contributed by atoms with Gasteiger partial charge in [0, 0.05) is 11.5 Å². The summed E-state index contributed by atoms with van der Waals surface area (Å²) >= 11 is 0. The molecule has 6 heteroatoms. The monoisotopic (exact) mass is 448 g/mol. The van der Waals surface area contributed by atoms with Gasteiger partial charge in [-0.2, -0.15) is 9.98 Å². The van der Waals surface area contributed by atoms with Gasteiger partial charge in [-0.15, -0.1) is 0 Å². The first-order valence-electron chi connectivity index (χ1n) is 10.6. The van der Waals surface area contributed by atoms with Gasteiger partial charge in [-0.3, -0.25) is 0 Å². The van der Waals surface area contributed by atoms with Crippen molar-refractivity contribution in [3.8, 4) is 23.0 Å². The molecule has 0 radical (unpaired) electrons. The molecule has 0 spiro atoms. The van der Waals surface area contributed by atoms with Gasteiger partial charge < -0.3 is 9.47 Å². The molecule has 4 aromatic carbocycles. The van der Waals surface area contributed by atoms with E-state index in [1.807, 2.05) is 36.4 Å². The molecule has 0 fully saturated rings. The maximum Gasteiger partial charge on any atom is 0.240 e. The van der Waals surface area contributed by atoms with E-state index in [1.165, 1.54) is 12.2 Å². The molecule has 1 unspecified atom stereocenters. The van der Waals surface area contributed by atoms with Crippen molar-refractivity contribution in [3.05, 3.63) is 108 Å². The summed E-state index contributed by atoms with van der Waals surface area (Å²) in [5.74, 6) is 2.59. The standard InChI is InChI=1S/C28H20N2O4/c1-20(21-5-3-2-4-6-21)27-17-26(33-24-11-7-22(8-12-24)29-18-31)15-16-28(27)34-25-13-9-23(10-14-25)30-19-32/h2-17,20H,1H3. The Labute approximate surface area is 196 Å². The van der Waals surface area contributed by atoms with Crippen LogP contribution in [0.1, 0.15) is 24.0 Å². The van der Waals surface area contributed by atoms with Gasteiger partial charge in [0.1, 0.15) is 23.0 Å². The van der Waals surface area contributed by atoms with Crippen LogP contribution in [-0.4, -0.2) is 12.2 Å². The Balaban J connectivity index is 1.66. The van der Waals surface area contributed by atoms with E-state index in [2.05, 4.69) is 29.0 Å². The molecule has 0 saturated carbocycles. The van der Waals surface area contributed by atoms with E-state index in [-0.39, 0.29) is 5.92 Å². The highest BCUT2D eigenvalue weighted by Crippen LogP contribution is 2.38. The molecule has 0 N–H and O–H groups in total. The minimum Gasteiger partial charge on any atom is -0.457 e. The van der Waals surface area contributed by atoms with E-state index in [4.69, 9.17) is 9.47 Å². The Morgan fingerprint density at radius 1 is 0.647 bits per heavy atom. The summed E-state index contributed by atoms with van der Waals surface area (Å²) in [6, 6.07) is 29.5. The van der Waals surface area contributed by atoms with Gasteiger partial charge in [-0.1, -0.05) is 37.3 Å². The molecule has 166 valence electrons. The number of carbonyl (C=O) groups excluding carboxylic acids is 2. The number of hydrogen-bond donors (Lipinski definition) is 0. The Hall–Kier alpha value is -4.76. The fraction of sp³-hybridized carbons (Fsp3) is 0.0714. The van der Waals surface area contributed by atoms with E-state index >= 15 is 0 Å². The maximum atomic E-state index is 10.5. The van der Waals surface area contributed by atoms with Crippen LogP contribution in [0.5, 0.6) is 23.0 Å². The average molecular weight is 448 g/mol. The molecule has 0 amide bonds. The smallest absolute Gasteiger partial charge is 0.240 e. The first kappa shape index (κ1) is 22.4. The maximum absolute atomic E-state index is 10.5. The van der Waals surface area contributed by atoms with E-state index < -0.39 is 0 Å². The van der Waals surface area contributed by atoms with E-state index in [0.29, 0.717) is 34.4 Å². The predicted octanol–water partition coefficient (Wildman–Crippen LogP) is 7.36. The van der Waals surface area contributed by atoms with E-state index in [9.17, 15) is 9.59 Å². The van der Waals surface area contributed by atoms with Gasteiger partial charge in [-0.25, -0.2) is 9.59 Å². The molecule has 0 aliphatic rings. The van der Waals surface area contributed by atoms with Crippen LogP contribution in [0.2, 0.25) is 0 Å². The third-order valence-corrected chi connectivity index (χ3v) is 5.23. The summed E-state index contributed by atoms with van der Waals surface area (Å²) < 4.78 is 12.2. The van der Waals surface area contributed by atoms with Crippen LogP contribution in [0, 0.1) is 0 Å². The van der Waals surface area contributed by atoms with Crippen molar-refractivity contribution in [1.82, 2.24) is 0 Å². The van der Waals surface area contributed by atoms with Gasteiger partial charge in [0.25, 0.3) is 0 Å². The first-order valence-corrected chi connectivity index (χ1v) is 10.6. The van der Waals surface area contributed by atoms with Crippen molar-refractivity contribution >= 4 is 23.5 Å². The summed E-state index contributed by atoms with van der Waals surface area (Å²) in [7, 11) is 0. The highest BCUT2D eigenvalue weighted by atomic mass is 16.5. The fourth-order valence-electron chi connectivity index (χ4n) is 3.49. The molecule has 4 aromatic rings. The molecule has 0 heterocycles. The van der Waals surface area contributed by atoms with Crippen LogP contribution in [0.4, 0.5) is 11.4 Å². The summed E-state index contributed by atoms with van der Waals surface area (Å²) in [6.45, 7) is 2.11. The van der Waals surface area contributed by atoms with Crippen molar-refractivity contribution in [1.29, 1.82) is 0 Å². The SMILES string of the molecule is CC(c1ccccc1)c1cc(Oc2ccc(N=C=O)cc2)ccc1Oc1ccc(N=C=O)cc1. The molecular weight excluding hydrogens is 428 g/mol. The number of hydrogen-bond acceptors (Lipinski definition) is 6. The zero-order valence-electron chi connectivity index (χ0n) is 18.3. The van der Waals surface area contributed by atoms with Crippen molar-refractivity contribution in [2.75, 3.05) is 0 Å². The Kier molecular flexibility index (Phi) is 7.06. The van der Waals surface area contributed by atoms with Gasteiger partial charge >= 0.3 is 0 Å². The molecule has 0 aliphatic carbocycles. The van der Waals surface area contributed by atoms with Gasteiger partial charge in [0.05, 0.1) is 11.4 Å². The minimum absolute atomic E-state index is 0.0305. The number of nitrogens with zero attached hydrogens (tertiary/aromatic N) is 2. The molecule has 6 nitrogen and oxygen atoms in total. The van der Waals surface area contributed by atoms with Gasteiger partial charge in [-0.05, 0) is 72.3 Å². The number of aliphatic imine (C=N–C) groups is 2. The topological polar surface area (TPSA) is 77.3 Å². The summed E-state index contributed by atoms with van der Waals surface area (Å²) in [5.41, 5.74) is 3.10. The van der Waals surface area contributed by atoms with Crippen LogP contribution >= 0.6 is 0 Å². The zero-order chi connectivity index (χ0) is 23.8. The van der Waals surface area contributed by atoms with E-state index in [0.717, 1.165) is 11.1 Å². The van der Waals surface area contributed by atoms with Crippen molar-refractivity contribution in [2.45, 2.75) is 12.8 Å². The third kappa shape index (κ3) is 5.53. The second-order valence-electron chi connectivity index (χ2n) is 7.43. The van der Waals surface area contributed by atoms with Crippen LogP contribution in [0.25, 0.3) is 0 Å². The summed E-state index contributed by atoms with van der Waals surface area (Å²) in [5, 5.41) is 0.